The summed E-state index contributed by atoms with van der Waals surface area (Å²) in [6.07, 6.45) is 6.35. The van der Waals surface area contributed by atoms with E-state index in [2.05, 4.69) is 19.2 Å². The topological polar surface area (TPSA) is 66.5 Å². The second kappa shape index (κ2) is 6.87. The molecule has 2 rings (SSSR count). The van der Waals surface area contributed by atoms with Crippen LogP contribution in [0.25, 0.3) is 0 Å². The SMILES string of the molecule is CC(C)CCNC(=O)CCN1C(=O)[C@@H]2CC=CC[C@H]2C1=O. The van der Waals surface area contributed by atoms with Crippen LogP contribution in [0.4, 0.5) is 0 Å². The molecule has 0 radical (unpaired) electrons. The zero-order chi connectivity index (χ0) is 15.4. The third-order valence-electron chi connectivity index (χ3n) is 4.21. The van der Waals surface area contributed by atoms with Crippen LogP contribution in [0.3, 0.4) is 0 Å². The fourth-order valence-corrected chi connectivity index (χ4v) is 2.89. The van der Waals surface area contributed by atoms with E-state index in [1.165, 1.54) is 4.90 Å². The first kappa shape index (κ1) is 15.7. The van der Waals surface area contributed by atoms with Crippen LogP contribution in [0.2, 0.25) is 0 Å². The van der Waals surface area contributed by atoms with E-state index in [9.17, 15) is 14.4 Å². The van der Waals surface area contributed by atoms with E-state index < -0.39 is 0 Å². The predicted molar refractivity (Wildman–Crippen MR) is 79.2 cm³/mol. The van der Waals surface area contributed by atoms with Crippen LogP contribution in [0.1, 0.15) is 39.5 Å². The lowest BCUT2D eigenvalue weighted by Gasteiger charge is -2.14. The molecule has 3 amide bonds. The van der Waals surface area contributed by atoms with Gasteiger partial charge in [-0.1, -0.05) is 26.0 Å². The molecule has 5 nitrogen and oxygen atoms in total. The summed E-state index contributed by atoms with van der Waals surface area (Å²) in [7, 11) is 0. The van der Waals surface area contributed by atoms with Crippen molar-refractivity contribution in [3.63, 3.8) is 0 Å². The molecule has 0 aromatic rings. The number of imide groups is 1. The van der Waals surface area contributed by atoms with Crippen molar-refractivity contribution in [2.24, 2.45) is 17.8 Å². The van der Waals surface area contributed by atoms with Crippen molar-refractivity contribution in [2.45, 2.75) is 39.5 Å². The van der Waals surface area contributed by atoms with E-state index in [1.807, 2.05) is 12.2 Å². The molecule has 1 fully saturated rings. The Balaban J connectivity index is 1.79. The monoisotopic (exact) mass is 292 g/mol. The Bertz CT molecular complexity index is 430. The Labute approximate surface area is 125 Å². The molecule has 1 heterocycles. The van der Waals surface area contributed by atoms with Crippen molar-refractivity contribution in [1.29, 1.82) is 0 Å². The maximum Gasteiger partial charge on any atom is 0.233 e. The van der Waals surface area contributed by atoms with Crippen molar-refractivity contribution in [3.8, 4) is 0 Å². The Kier molecular flexibility index (Phi) is 5.15. The summed E-state index contributed by atoms with van der Waals surface area (Å²) < 4.78 is 0. The molecule has 0 spiro atoms. The molecule has 0 aromatic carbocycles. The molecule has 1 N–H and O–H groups in total. The Hall–Kier alpha value is -1.65. The number of likely N-dealkylation sites (tertiary alicyclic amines) is 1. The fraction of sp³-hybridized carbons (Fsp3) is 0.688. The molecular formula is C16H24N2O3. The number of nitrogens with zero attached hydrogens (tertiary/aromatic N) is 1. The third kappa shape index (κ3) is 3.71. The molecule has 0 saturated carbocycles. The van der Waals surface area contributed by atoms with Crippen molar-refractivity contribution in [2.75, 3.05) is 13.1 Å². The summed E-state index contributed by atoms with van der Waals surface area (Å²) in [6.45, 7) is 5.05. The van der Waals surface area contributed by atoms with E-state index in [0.717, 1.165) is 6.42 Å². The molecule has 1 aliphatic carbocycles. The number of amides is 3. The average molecular weight is 292 g/mol. The molecule has 1 aliphatic heterocycles. The number of fused-ring (bicyclic) bond motifs is 1. The summed E-state index contributed by atoms with van der Waals surface area (Å²) in [5, 5.41) is 2.83. The number of hydrogen-bond acceptors (Lipinski definition) is 3. The van der Waals surface area contributed by atoms with Crippen LogP contribution in [-0.2, 0) is 14.4 Å². The normalized spacial score (nSPS) is 24.6. The van der Waals surface area contributed by atoms with Gasteiger partial charge in [0.1, 0.15) is 0 Å². The van der Waals surface area contributed by atoms with E-state index >= 15 is 0 Å². The lowest BCUT2D eigenvalue weighted by atomic mass is 9.85. The van der Waals surface area contributed by atoms with E-state index in [-0.39, 0.29) is 42.5 Å². The maximum atomic E-state index is 12.2. The molecular weight excluding hydrogens is 268 g/mol. The Morgan fingerprint density at radius 2 is 1.81 bits per heavy atom. The highest BCUT2D eigenvalue weighted by molar-refractivity contribution is 6.05. The van der Waals surface area contributed by atoms with Gasteiger partial charge in [-0.05, 0) is 25.2 Å². The number of allylic oxidation sites excluding steroid dienone is 2. The average Bonchev–Trinajstić information content (AvgIpc) is 2.69. The summed E-state index contributed by atoms with van der Waals surface area (Å²) in [4.78, 5) is 37.4. The van der Waals surface area contributed by atoms with Crippen molar-refractivity contribution in [3.05, 3.63) is 12.2 Å². The first-order valence-electron chi connectivity index (χ1n) is 7.77. The van der Waals surface area contributed by atoms with Gasteiger partial charge in [0.25, 0.3) is 0 Å². The Morgan fingerprint density at radius 1 is 1.24 bits per heavy atom. The molecule has 2 atom stereocenters. The van der Waals surface area contributed by atoms with Gasteiger partial charge in [0.05, 0.1) is 11.8 Å². The number of carbonyl (C=O) groups is 3. The van der Waals surface area contributed by atoms with Crippen LogP contribution >= 0.6 is 0 Å². The number of carbonyl (C=O) groups excluding carboxylic acids is 3. The van der Waals surface area contributed by atoms with Crippen molar-refractivity contribution in [1.82, 2.24) is 10.2 Å². The lowest BCUT2D eigenvalue weighted by Crippen LogP contribution is -2.35. The summed E-state index contributed by atoms with van der Waals surface area (Å²) in [5.41, 5.74) is 0. The van der Waals surface area contributed by atoms with Crippen molar-refractivity contribution >= 4 is 17.7 Å². The highest BCUT2D eigenvalue weighted by atomic mass is 16.2. The summed E-state index contributed by atoms with van der Waals surface area (Å²) in [6, 6.07) is 0. The van der Waals surface area contributed by atoms with Crippen LogP contribution in [0, 0.1) is 17.8 Å². The predicted octanol–water partition coefficient (Wildman–Crippen LogP) is 1.49. The van der Waals surface area contributed by atoms with Gasteiger partial charge in [-0.15, -0.1) is 0 Å². The van der Waals surface area contributed by atoms with Gasteiger partial charge in [-0.2, -0.15) is 0 Å². The second-order valence-electron chi connectivity index (χ2n) is 6.27. The molecule has 0 aromatic heterocycles. The summed E-state index contributed by atoms with van der Waals surface area (Å²) in [5.74, 6) is -0.168. The number of nitrogens with one attached hydrogen (secondary N) is 1. The number of rotatable bonds is 6. The first-order valence-corrected chi connectivity index (χ1v) is 7.77. The summed E-state index contributed by atoms with van der Waals surface area (Å²) >= 11 is 0. The van der Waals surface area contributed by atoms with E-state index in [0.29, 0.717) is 25.3 Å². The minimum absolute atomic E-state index is 0.0933. The first-order chi connectivity index (χ1) is 10.0. The second-order valence-corrected chi connectivity index (χ2v) is 6.27. The lowest BCUT2D eigenvalue weighted by molar-refractivity contribution is -0.140. The van der Waals surface area contributed by atoms with Gasteiger partial charge in [0.2, 0.25) is 17.7 Å². The highest BCUT2D eigenvalue weighted by Gasteiger charge is 2.46. The van der Waals surface area contributed by atoms with Crippen molar-refractivity contribution < 1.29 is 14.4 Å². The van der Waals surface area contributed by atoms with E-state index in [4.69, 9.17) is 0 Å². The van der Waals surface area contributed by atoms with Crippen LogP contribution in [0.5, 0.6) is 0 Å². The maximum absolute atomic E-state index is 12.2. The zero-order valence-corrected chi connectivity index (χ0v) is 12.8. The molecule has 116 valence electrons. The van der Waals surface area contributed by atoms with Crippen LogP contribution < -0.4 is 5.32 Å². The quantitative estimate of drug-likeness (QED) is 0.596. The van der Waals surface area contributed by atoms with Crippen LogP contribution in [0.15, 0.2) is 12.2 Å². The minimum atomic E-state index is -0.202. The zero-order valence-electron chi connectivity index (χ0n) is 12.8. The van der Waals surface area contributed by atoms with Gasteiger partial charge in [0, 0.05) is 19.5 Å². The minimum Gasteiger partial charge on any atom is -0.356 e. The van der Waals surface area contributed by atoms with Gasteiger partial charge >= 0.3 is 0 Å². The van der Waals surface area contributed by atoms with Gasteiger partial charge in [0.15, 0.2) is 0 Å². The van der Waals surface area contributed by atoms with Gasteiger partial charge in [-0.3, -0.25) is 19.3 Å². The molecule has 1 saturated heterocycles. The molecule has 2 aliphatic rings. The molecule has 5 heteroatoms. The molecule has 0 bridgehead atoms. The molecule has 21 heavy (non-hydrogen) atoms. The number of hydrogen-bond donors (Lipinski definition) is 1. The Morgan fingerprint density at radius 3 is 2.33 bits per heavy atom. The smallest absolute Gasteiger partial charge is 0.233 e. The molecule has 0 unspecified atom stereocenters. The van der Waals surface area contributed by atoms with E-state index in [1.54, 1.807) is 0 Å². The third-order valence-corrected chi connectivity index (χ3v) is 4.21. The van der Waals surface area contributed by atoms with Gasteiger partial charge < -0.3 is 5.32 Å². The fourth-order valence-electron chi connectivity index (χ4n) is 2.89. The van der Waals surface area contributed by atoms with Gasteiger partial charge in [-0.25, -0.2) is 0 Å². The standard InChI is InChI=1S/C16H24N2O3/c1-11(2)7-9-17-14(19)8-10-18-15(20)12-5-3-4-6-13(12)16(18)21/h3-4,11-13H,5-10H2,1-2H3,(H,17,19)/t12-,13-/m1/s1. The van der Waals surface area contributed by atoms with Crippen LogP contribution in [-0.4, -0.2) is 35.7 Å². The largest absolute Gasteiger partial charge is 0.356 e. The highest BCUT2D eigenvalue weighted by Crippen LogP contribution is 2.34.